The molecule has 2 rings (SSSR count). The van der Waals surface area contributed by atoms with Crippen LogP contribution < -0.4 is 4.74 Å². The number of rotatable bonds is 6. The van der Waals surface area contributed by atoms with E-state index in [1.54, 1.807) is 4.68 Å². The van der Waals surface area contributed by atoms with Gasteiger partial charge in [-0.25, -0.2) is 4.68 Å². The summed E-state index contributed by atoms with van der Waals surface area (Å²) < 4.78 is 7.45. The first-order chi connectivity index (χ1) is 9.74. The molecule has 0 aliphatic heterocycles. The fourth-order valence-electron chi connectivity index (χ4n) is 1.99. The zero-order valence-electron chi connectivity index (χ0n) is 11.8. The molecule has 2 aromatic rings. The highest BCUT2D eigenvalue weighted by atomic mass is 16.5. The van der Waals surface area contributed by atoms with E-state index in [1.807, 2.05) is 38.1 Å². The van der Waals surface area contributed by atoms with Gasteiger partial charge in [0.05, 0.1) is 12.3 Å². The van der Waals surface area contributed by atoms with Crippen LogP contribution in [0, 0.1) is 18.3 Å². The minimum absolute atomic E-state index is 0.423. The number of benzene rings is 1. The molecule has 1 aromatic carbocycles. The summed E-state index contributed by atoms with van der Waals surface area (Å²) in [6.07, 6.45) is 1.59. The van der Waals surface area contributed by atoms with E-state index in [4.69, 9.17) is 10.00 Å². The Morgan fingerprint density at radius 2 is 2.05 bits per heavy atom. The molecular weight excluding hydrogens is 252 g/mol. The molecule has 0 radical (unpaired) electrons. The van der Waals surface area contributed by atoms with Gasteiger partial charge in [-0.3, -0.25) is 0 Å². The van der Waals surface area contributed by atoms with E-state index in [9.17, 15) is 0 Å². The summed E-state index contributed by atoms with van der Waals surface area (Å²) in [6.45, 7) is 5.38. The molecule has 0 bridgehead atoms. The molecule has 0 unspecified atom stereocenters. The second-order valence-electron chi connectivity index (χ2n) is 4.59. The average molecular weight is 270 g/mol. The van der Waals surface area contributed by atoms with Gasteiger partial charge in [0.25, 0.3) is 0 Å². The van der Waals surface area contributed by atoms with Crippen molar-refractivity contribution in [2.24, 2.45) is 0 Å². The Hall–Kier alpha value is -2.35. The first-order valence-electron chi connectivity index (χ1n) is 6.76. The van der Waals surface area contributed by atoms with Crippen LogP contribution in [0.1, 0.15) is 30.3 Å². The Balaban J connectivity index is 1.83. The van der Waals surface area contributed by atoms with Crippen molar-refractivity contribution in [3.8, 4) is 11.8 Å². The molecule has 1 aromatic heterocycles. The number of ether oxygens (including phenoxy) is 1. The average Bonchev–Trinajstić information content (AvgIpc) is 2.87. The summed E-state index contributed by atoms with van der Waals surface area (Å²) in [5, 5.41) is 16.8. The summed E-state index contributed by atoms with van der Waals surface area (Å²) in [6, 6.07) is 10.1. The van der Waals surface area contributed by atoms with E-state index < -0.39 is 0 Å². The summed E-state index contributed by atoms with van der Waals surface area (Å²) in [7, 11) is 0. The van der Waals surface area contributed by atoms with Gasteiger partial charge < -0.3 is 4.74 Å². The lowest BCUT2D eigenvalue weighted by Crippen LogP contribution is -2.09. The van der Waals surface area contributed by atoms with Crippen molar-refractivity contribution in [2.45, 2.75) is 33.2 Å². The lowest BCUT2D eigenvalue weighted by Gasteiger charge is -2.07. The largest absolute Gasteiger partial charge is 0.494 e. The molecule has 0 saturated heterocycles. The number of nitriles is 1. The van der Waals surface area contributed by atoms with Gasteiger partial charge in [0.2, 0.25) is 0 Å². The Labute approximate surface area is 118 Å². The highest BCUT2D eigenvalue weighted by molar-refractivity contribution is 5.26. The van der Waals surface area contributed by atoms with Gasteiger partial charge in [0.15, 0.2) is 5.69 Å². The standard InChI is InChI=1S/C15H18N4O/c1-3-15-14(11-16)17-18-19(15)9-4-10-20-13-7-5-12(2)6-8-13/h5-8H,3-4,9-10H2,1-2H3. The molecule has 1 heterocycles. The summed E-state index contributed by atoms with van der Waals surface area (Å²) in [5.74, 6) is 0.877. The quantitative estimate of drug-likeness (QED) is 0.756. The van der Waals surface area contributed by atoms with Gasteiger partial charge in [0, 0.05) is 13.0 Å². The van der Waals surface area contributed by atoms with Crippen LogP contribution in [0.25, 0.3) is 0 Å². The second kappa shape index (κ2) is 6.71. The van der Waals surface area contributed by atoms with E-state index in [1.165, 1.54) is 5.56 Å². The molecule has 0 aliphatic rings. The Morgan fingerprint density at radius 1 is 1.30 bits per heavy atom. The SMILES string of the molecule is CCc1c(C#N)nnn1CCCOc1ccc(C)cc1. The lowest BCUT2D eigenvalue weighted by atomic mass is 10.2. The summed E-state index contributed by atoms with van der Waals surface area (Å²) in [4.78, 5) is 0. The van der Waals surface area contributed by atoms with Crippen LogP contribution in [-0.2, 0) is 13.0 Å². The minimum Gasteiger partial charge on any atom is -0.494 e. The lowest BCUT2D eigenvalue weighted by molar-refractivity contribution is 0.297. The van der Waals surface area contributed by atoms with Crippen molar-refractivity contribution in [3.05, 3.63) is 41.2 Å². The molecule has 104 valence electrons. The molecule has 0 spiro atoms. The number of aromatic nitrogens is 3. The second-order valence-corrected chi connectivity index (χ2v) is 4.59. The summed E-state index contributed by atoms with van der Waals surface area (Å²) >= 11 is 0. The number of hydrogen-bond donors (Lipinski definition) is 0. The fraction of sp³-hybridized carbons (Fsp3) is 0.400. The molecule has 5 nitrogen and oxygen atoms in total. The number of nitrogens with zero attached hydrogens (tertiary/aromatic N) is 4. The van der Waals surface area contributed by atoms with Crippen molar-refractivity contribution in [2.75, 3.05) is 6.61 Å². The van der Waals surface area contributed by atoms with Gasteiger partial charge in [-0.2, -0.15) is 5.26 Å². The highest BCUT2D eigenvalue weighted by Gasteiger charge is 2.09. The van der Waals surface area contributed by atoms with E-state index in [0.717, 1.165) is 24.3 Å². The Bertz CT molecular complexity index is 595. The van der Waals surface area contributed by atoms with Gasteiger partial charge >= 0.3 is 0 Å². The molecule has 0 saturated carbocycles. The van der Waals surface area contributed by atoms with E-state index in [0.29, 0.717) is 18.8 Å². The van der Waals surface area contributed by atoms with Crippen molar-refractivity contribution >= 4 is 0 Å². The molecule has 0 atom stereocenters. The van der Waals surface area contributed by atoms with E-state index in [-0.39, 0.29) is 0 Å². The molecule has 0 N–H and O–H groups in total. The fourth-order valence-corrected chi connectivity index (χ4v) is 1.99. The molecule has 0 fully saturated rings. The van der Waals surface area contributed by atoms with E-state index in [2.05, 4.69) is 16.4 Å². The molecule has 0 amide bonds. The van der Waals surface area contributed by atoms with E-state index >= 15 is 0 Å². The van der Waals surface area contributed by atoms with Crippen LogP contribution in [0.3, 0.4) is 0 Å². The first kappa shape index (κ1) is 14.1. The van der Waals surface area contributed by atoms with Crippen molar-refractivity contribution < 1.29 is 4.74 Å². The van der Waals surface area contributed by atoms with Crippen LogP contribution >= 0.6 is 0 Å². The van der Waals surface area contributed by atoms with Gasteiger partial charge in [-0.1, -0.05) is 29.8 Å². The molecule has 5 heteroatoms. The number of aryl methyl sites for hydroxylation is 2. The topological polar surface area (TPSA) is 63.7 Å². The number of hydrogen-bond acceptors (Lipinski definition) is 4. The third kappa shape index (κ3) is 3.35. The molecule has 20 heavy (non-hydrogen) atoms. The third-order valence-electron chi connectivity index (χ3n) is 3.08. The Morgan fingerprint density at radius 3 is 2.70 bits per heavy atom. The zero-order valence-corrected chi connectivity index (χ0v) is 11.8. The zero-order chi connectivity index (χ0) is 14.4. The predicted molar refractivity (Wildman–Crippen MR) is 75.4 cm³/mol. The van der Waals surface area contributed by atoms with Crippen LogP contribution in [0.4, 0.5) is 0 Å². The van der Waals surface area contributed by atoms with Crippen molar-refractivity contribution in [3.63, 3.8) is 0 Å². The normalized spacial score (nSPS) is 10.2. The smallest absolute Gasteiger partial charge is 0.185 e. The highest BCUT2D eigenvalue weighted by Crippen LogP contribution is 2.12. The van der Waals surface area contributed by atoms with Crippen LogP contribution in [0.5, 0.6) is 5.75 Å². The van der Waals surface area contributed by atoms with Crippen LogP contribution in [0.15, 0.2) is 24.3 Å². The van der Waals surface area contributed by atoms with Crippen LogP contribution in [-0.4, -0.2) is 21.6 Å². The van der Waals surface area contributed by atoms with Gasteiger partial charge in [0.1, 0.15) is 11.8 Å². The maximum absolute atomic E-state index is 8.91. The molecule has 0 aliphatic carbocycles. The van der Waals surface area contributed by atoms with Crippen LogP contribution in [0.2, 0.25) is 0 Å². The monoisotopic (exact) mass is 270 g/mol. The maximum atomic E-state index is 8.91. The maximum Gasteiger partial charge on any atom is 0.185 e. The van der Waals surface area contributed by atoms with Crippen molar-refractivity contribution in [1.29, 1.82) is 5.26 Å². The third-order valence-corrected chi connectivity index (χ3v) is 3.08. The summed E-state index contributed by atoms with van der Waals surface area (Å²) in [5.41, 5.74) is 2.53. The van der Waals surface area contributed by atoms with Crippen molar-refractivity contribution in [1.82, 2.24) is 15.0 Å². The predicted octanol–water partition coefficient (Wildman–Crippen LogP) is 2.49. The first-order valence-corrected chi connectivity index (χ1v) is 6.76. The minimum atomic E-state index is 0.423. The molecular formula is C15H18N4O. The van der Waals surface area contributed by atoms with Gasteiger partial charge in [-0.15, -0.1) is 5.10 Å². The van der Waals surface area contributed by atoms with Gasteiger partial charge in [-0.05, 0) is 25.5 Å². The Kier molecular flexibility index (Phi) is 4.72.